The van der Waals surface area contributed by atoms with E-state index in [0.717, 1.165) is 15.7 Å². The Balaban J connectivity index is 1.36. The summed E-state index contributed by atoms with van der Waals surface area (Å²) in [7, 11) is 1.62. The summed E-state index contributed by atoms with van der Waals surface area (Å²) in [6.07, 6.45) is 1.56. The number of aromatic hydroxyl groups is 1. The summed E-state index contributed by atoms with van der Waals surface area (Å²) in [6.45, 7) is 0. The Hall–Kier alpha value is -3.24. The van der Waals surface area contributed by atoms with E-state index >= 15 is 0 Å². The zero-order valence-corrected chi connectivity index (χ0v) is 16.9. The molecule has 4 aromatic rings. The number of aromatic nitrogens is 4. The second-order valence-electron chi connectivity index (χ2n) is 5.69. The first kappa shape index (κ1) is 19.1. The normalized spacial score (nSPS) is 11.2. The van der Waals surface area contributed by atoms with E-state index < -0.39 is 0 Å². The van der Waals surface area contributed by atoms with Gasteiger partial charge in [-0.15, -0.1) is 20.4 Å². The molecule has 2 aromatic heterocycles. The Bertz CT molecular complexity index is 1120. The van der Waals surface area contributed by atoms with Crippen LogP contribution in [0.5, 0.6) is 11.5 Å². The minimum Gasteiger partial charge on any atom is -0.507 e. The van der Waals surface area contributed by atoms with Gasteiger partial charge in [-0.25, -0.2) is 4.99 Å². The smallest absolute Gasteiger partial charge is 0.247 e. The molecular formula is C19H15N5O3S2. The molecule has 0 unspecified atom stereocenters. The number of methoxy groups -OCH3 is 1. The Labute approximate surface area is 174 Å². The first-order chi connectivity index (χ1) is 14.2. The molecule has 0 aliphatic heterocycles. The lowest BCUT2D eigenvalue weighted by atomic mass is 10.2. The van der Waals surface area contributed by atoms with Gasteiger partial charge in [-0.2, -0.15) is 0 Å². The molecule has 0 radical (unpaired) electrons. The molecule has 10 heteroatoms. The highest BCUT2D eigenvalue weighted by molar-refractivity contribution is 8.00. The van der Waals surface area contributed by atoms with E-state index in [4.69, 9.17) is 9.15 Å². The minimum absolute atomic E-state index is 0.166. The Morgan fingerprint density at radius 3 is 2.72 bits per heavy atom. The summed E-state index contributed by atoms with van der Waals surface area (Å²) in [4.78, 5) is 4.26. The number of hydrogen-bond acceptors (Lipinski definition) is 10. The van der Waals surface area contributed by atoms with Crippen molar-refractivity contribution in [1.82, 2.24) is 20.4 Å². The first-order valence-electron chi connectivity index (χ1n) is 8.46. The molecule has 1 N–H and O–H groups in total. The summed E-state index contributed by atoms with van der Waals surface area (Å²) >= 11 is 2.78. The van der Waals surface area contributed by atoms with Gasteiger partial charge in [0.25, 0.3) is 0 Å². The quantitative estimate of drug-likeness (QED) is 0.344. The van der Waals surface area contributed by atoms with Crippen molar-refractivity contribution >= 4 is 34.4 Å². The Kier molecular flexibility index (Phi) is 5.82. The van der Waals surface area contributed by atoms with E-state index in [1.807, 2.05) is 30.3 Å². The Morgan fingerprint density at radius 2 is 1.93 bits per heavy atom. The van der Waals surface area contributed by atoms with Crippen molar-refractivity contribution < 1.29 is 14.3 Å². The van der Waals surface area contributed by atoms with Crippen LogP contribution >= 0.6 is 23.1 Å². The van der Waals surface area contributed by atoms with Crippen LogP contribution in [0.1, 0.15) is 11.5 Å². The predicted octanol–water partition coefficient (Wildman–Crippen LogP) is 4.35. The molecular weight excluding hydrogens is 410 g/mol. The molecule has 2 heterocycles. The van der Waals surface area contributed by atoms with Crippen LogP contribution in [0.2, 0.25) is 0 Å². The average Bonchev–Trinajstić information content (AvgIpc) is 3.41. The van der Waals surface area contributed by atoms with Crippen molar-refractivity contribution in [2.45, 2.75) is 10.1 Å². The zero-order valence-electron chi connectivity index (χ0n) is 15.2. The van der Waals surface area contributed by atoms with Crippen molar-refractivity contribution in [2.75, 3.05) is 7.11 Å². The van der Waals surface area contributed by atoms with Crippen molar-refractivity contribution in [3.63, 3.8) is 0 Å². The van der Waals surface area contributed by atoms with Gasteiger partial charge in [0, 0.05) is 17.3 Å². The van der Waals surface area contributed by atoms with Crippen LogP contribution in [0.25, 0.3) is 11.5 Å². The van der Waals surface area contributed by atoms with Gasteiger partial charge >= 0.3 is 0 Å². The molecule has 8 nitrogen and oxygen atoms in total. The standard InChI is InChI=1S/C19H15N5O3S2/c1-26-14-8-6-12(7-9-14)17-22-21-16(27-17)11-28-19-24-23-18(29-19)20-10-13-4-2-3-5-15(13)25/h2-10,25H,11H2,1H3/b20-10+. The molecule has 29 heavy (non-hydrogen) atoms. The predicted molar refractivity (Wildman–Crippen MR) is 111 cm³/mol. The second-order valence-corrected chi connectivity index (χ2v) is 7.86. The largest absolute Gasteiger partial charge is 0.507 e. The molecule has 0 aliphatic carbocycles. The van der Waals surface area contributed by atoms with Crippen LogP contribution in [0.15, 0.2) is 62.3 Å². The topological polar surface area (TPSA) is 107 Å². The number of thioether (sulfide) groups is 1. The maximum Gasteiger partial charge on any atom is 0.247 e. The van der Waals surface area contributed by atoms with E-state index in [0.29, 0.717) is 28.2 Å². The third-order valence-corrected chi connectivity index (χ3v) is 5.72. The van der Waals surface area contributed by atoms with Crippen molar-refractivity contribution in [1.29, 1.82) is 0 Å². The summed E-state index contributed by atoms with van der Waals surface area (Å²) in [5, 5.41) is 26.5. The van der Waals surface area contributed by atoms with Crippen LogP contribution < -0.4 is 4.74 Å². The fraction of sp³-hybridized carbons (Fsp3) is 0.105. The second kappa shape index (κ2) is 8.84. The maximum absolute atomic E-state index is 9.76. The molecule has 0 spiro atoms. The highest BCUT2D eigenvalue weighted by Crippen LogP contribution is 2.30. The van der Waals surface area contributed by atoms with E-state index in [2.05, 4.69) is 25.4 Å². The fourth-order valence-corrected chi connectivity index (χ4v) is 3.84. The van der Waals surface area contributed by atoms with Crippen LogP contribution in [0.4, 0.5) is 5.13 Å². The highest BCUT2D eigenvalue weighted by Gasteiger charge is 2.11. The molecule has 0 amide bonds. The van der Waals surface area contributed by atoms with E-state index in [9.17, 15) is 5.11 Å². The summed E-state index contributed by atoms with van der Waals surface area (Å²) in [6, 6.07) is 14.4. The maximum atomic E-state index is 9.76. The molecule has 0 atom stereocenters. The monoisotopic (exact) mass is 425 g/mol. The van der Waals surface area contributed by atoms with Crippen molar-refractivity contribution in [3.05, 3.63) is 60.0 Å². The third-order valence-electron chi connectivity index (χ3n) is 3.77. The number of hydrogen-bond donors (Lipinski definition) is 1. The lowest BCUT2D eigenvalue weighted by molar-refractivity contribution is 0.415. The number of phenolic OH excluding ortho intramolecular Hbond substituents is 1. The van der Waals surface area contributed by atoms with Gasteiger partial charge in [-0.1, -0.05) is 35.2 Å². The van der Waals surface area contributed by atoms with Gasteiger partial charge in [0.1, 0.15) is 11.5 Å². The zero-order chi connectivity index (χ0) is 20.1. The van der Waals surface area contributed by atoms with Gasteiger partial charge in [0.2, 0.25) is 16.9 Å². The minimum atomic E-state index is 0.166. The van der Waals surface area contributed by atoms with Crippen LogP contribution in [-0.4, -0.2) is 38.8 Å². The summed E-state index contributed by atoms with van der Waals surface area (Å²) in [5.41, 5.74) is 1.44. The molecule has 146 valence electrons. The molecule has 0 bridgehead atoms. The van der Waals surface area contributed by atoms with Gasteiger partial charge in [-0.05, 0) is 36.4 Å². The first-order valence-corrected chi connectivity index (χ1v) is 10.3. The van der Waals surface area contributed by atoms with Crippen LogP contribution in [0, 0.1) is 0 Å². The van der Waals surface area contributed by atoms with Gasteiger partial charge < -0.3 is 14.3 Å². The lowest BCUT2D eigenvalue weighted by Crippen LogP contribution is -1.82. The Morgan fingerprint density at radius 1 is 1.10 bits per heavy atom. The number of phenols is 1. The molecule has 0 saturated heterocycles. The van der Waals surface area contributed by atoms with Crippen LogP contribution in [-0.2, 0) is 5.75 Å². The van der Waals surface area contributed by atoms with Gasteiger partial charge in [0.05, 0.1) is 12.9 Å². The van der Waals surface area contributed by atoms with Gasteiger partial charge in [0.15, 0.2) is 4.34 Å². The summed E-state index contributed by atoms with van der Waals surface area (Å²) < 4.78 is 11.6. The number of para-hydroxylation sites is 1. The third kappa shape index (κ3) is 4.79. The number of rotatable bonds is 7. The van der Waals surface area contributed by atoms with E-state index in [1.54, 1.807) is 31.5 Å². The van der Waals surface area contributed by atoms with Crippen molar-refractivity contribution in [2.24, 2.45) is 4.99 Å². The molecule has 0 fully saturated rings. The highest BCUT2D eigenvalue weighted by atomic mass is 32.2. The van der Waals surface area contributed by atoms with Gasteiger partial charge in [-0.3, -0.25) is 0 Å². The summed E-state index contributed by atoms with van der Waals surface area (Å²) in [5.74, 6) is 2.35. The fourth-order valence-electron chi connectivity index (χ4n) is 2.32. The SMILES string of the molecule is COc1ccc(-c2nnc(CSc3nnc(/N=C/c4ccccc4O)s3)o2)cc1. The average molecular weight is 425 g/mol. The number of aliphatic imine (C=N–C) groups is 1. The van der Waals surface area contributed by atoms with E-state index in [1.165, 1.54) is 23.1 Å². The molecule has 0 aliphatic rings. The molecule has 0 saturated carbocycles. The number of benzene rings is 2. The van der Waals surface area contributed by atoms with Crippen molar-refractivity contribution in [3.8, 4) is 23.0 Å². The number of nitrogens with zero attached hydrogens (tertiary/aromatic N) is 5. The lowest BCUT2D eigenvalue weighted by Gasteiger charge is -1.99. The number of ether oxygens (including phenoxy) is 1. The van der Waals surface area contributed by atoms with E-state index in [-0.39, 0.29) is 5.75 Å². The van der Waals surface area contributed by atoms with Crippen LogP contribution in [0.3, 0.4) is 0 Å². The molecule has 2 aromatic carbocycles. The molecule has 4 rings (SSSR count).